The van der Waals surface area contributed by atoms with Gasteiger partial charge in [-0.25, -0.2) is 18.4 Å². The number of amides is 6. The van der Waals surface area contributed by atoms with Gasteiger partial charge in [-0.05, 0) is 106 Å². The van der Waals surface area contributed by atoms with Crippen molar-refractivity contribution >= 4 is 68.3 Å². The molecule has 0 aliphatic carbocycles. The molecule has 8 rings (SSSR count). The fraction of sp³-hybridized carbons (Fsp3) is 0.476. The number of aromatic nitrogens is 2. The highest BCUT2D eigenvalue weighted by Crippen LogP contribution is 2.33. The monoisotopic (exact) mass is 854 g/mol. The molecule has 6 heterocycles. The van der Waals surface area contributed by atoms with Crippen molar-refractivity contribution in [3.63, 3.8) is 0 Å². The van der Waals surface area contributed by atoms with Gasteiger partial charge in [0.15, 0.2) is 21.3 Å². The lowest BCUT2D eigenvalue weighted by atomic mass is 9.91. The first-order valence-corrected chi connectivity index (χ1v) is 22.7. The Balaban J connectivity index is 0.793. The highest BCUT2D eigenvalue weighted by atomic mass is 32.2. The third kappa shape index (κ3) is 9.07. The van der Waals surface area contributed by atoms with Gasteiger partial charge in [0, 0.05) is 68.7 Å². The molecule has 3 aromatic rings. The average molecular weight is 855 g/mol. The molecule has 0 bridgehead atoms. The van der Waals surface area contributed by atoms with Crippen LogP contribution < -0.4 is 31.5 Å². The van der Waals surface area contributed by atoms with Crippen LogP contribution in [0.4, 0.5) is 23.0 Å². The van der Waals surface area contributed by atoms with Gasteiger partial charge in [0.25, 0.3) is 17.7 Å². The molecule has 4 saturated heterocycles. The van der Waals surface area contributed by atoms with E-state index in [9.17, 15) is 37.2 Å². The van der Waals surface area contributed by atoms with Crippen molar-refractivity contribution in [3.05, 3.63) is 65.5 Å². The summed E-state index contributed by atoms with van der Waals surface area (Å²) in [5, 5.41) is 8.57. The standard InChI is InChI=1S/C42H50N10O8S/c1-61(59,60)30-7-4-27(5-8-30)45-38-36(37(43)54)44-22-34(47-38)51-16-2-3-28(24-51)46-39(55)26-14-17-49(18-15-26)23-25-12-19-50(20-13-25)29-6-9-31-32(21-29)42(58)52(41(31)57)33-10-11-35(53)48-40(33)56/h4-9,21-22,25-26,28,33H,2-3,10-20,23-24H2,1H3,(H2,43,54)(H,45,47)(H,46,55)(H,48,53,56). The third-order valence-corrected chi connectivity index (χ3v) is 13.6. The molecule has 5 aliphatic rings. The van der Waals surface area contributed by atoms with E-state index in [0.717, 1.165) is 88.1 Å². The van der Waals surface area contributed by atoms with Crippen LogP contribution in [-0.2, 0) is 24.2 Å². The van der Waals surface area contributed by atoms with Gasteiger partial charge in [0.05, 0.1) is 22.2 Å². The number of nitrogens with zero attached hydrogens (tertiary/aromatic N) is 6. The Morgan fingerprint density at radius 2 is 1.59 bits per heavy atom. The molecule has 18 nitrogen and oxygen atoms in total. The molecule has 61 heavy (non-hydrogen) atoms. The summed E-state index contributed by atoms with van der Waals surface area (Å²) >= 11 is 0. The minimum absolute atomic E-state index is 0.0502. The quantitative estimate of drug-likeness (QED) is 0.202. The molecule has 0 saturated carbocycles. The minimum Gasteiger partial charge on any atom is -0.371 e. The number of nitrogens with one attached hydrogen (secondary N) is 3. The maximum absolute atomic E-state index is 13.5. The third-order valence-electron chi connectivity index (χ3n) is 12.5. The number of anilines is 4. The molecule has 5 aliphatic heterocycles. The van der Waals surface area contributed by atoms with Gasteiger partial charge < -0.3 is 31.1 Å². The second-order valence-electron chi connectivity index (χ2n) is 16.7. The van der Waals surface area contributed by atoms with Gasteiger partial charge in [-0.1, -0.05) is 0 Å². The number of rotatable bonds is 11. The van der Waals surface area contributed by atoms with Crippen LogP contribution in [0.2, 0.25) is 0 Å². The van der Waals surface area contributed by atoms with E-state index in [4.69, 9.17) is 5.73 Å². The van der Waals surface area contributed by atoms with Crippen molar-refractivity contribution in [2.75, 3.05) is 67.2 Å². The number of fused-ring (bicyclic) bond motifs is 1. The number of primary amides is 1. The summed E-state index contributed by atoms with van der Waals surface area (Å²) in [5.41, 5.74) is 7.48. The summed E-state index contributed by atoms with van der Waals surface area (Å²) in [5.74, 6) is -1.65. The number of nitrogens with two attached hydrogens (primary N) is 1. The summed E-state index contributed by atoms with van der Waals surface area (Å²) in [6, 6.07) is 10.3. The highest BCUT2D eigenvalue weighted by Gasteiger charge is 2.45. The number of carbonyl (C=O) groups excluding carboxylic acids is 6. The van der Waals surface area contributed by atoms with Crippen LogP contribution in [0.15, 0.2) is 53.6 Å². The summed E-state index contributed by atoms with van der Waals surface area (Å²) in [4.78, 5) is 93.1. The predicted octanol–water partition coefficient (Wildman–Crippen LogP) is 1.84. The number of likely N-dealkylation sites (tertiary alicyclic amines) is 1. The second-order valence-corrected chi connectivity index (χ2v) is 18.7. The van der Waals surface area contributed by atoms with Gasteiger partial charge in [-0.3, -0.25) is 39.0 Å². The van der Waals surface area contributed by atoms with E-state index in [-0.39, 0.29) is 58.2 Å². The van der Waals surface area contributed by atoms with Crippen molar-refractivity contribution in [1.82, 2.24) is 30.4 Å². The lowest BCUT2D eigenvalue weighted by molar-refractivity contribution is -0.136. The van der Waals surface area contributed by atoms with Gasteiger partial charge >= 0.3 is 0 Å². The summed E-state index contributed by atoms with van der Waals surface area (Å²) in [6.45, 7) is 5.46. The first-order chi connectivity index (χ1) is 29.2. The Bertz CT molecular complexity index is 2360. The van der Waals surface area contributed by atoms with E-state index in [2.05, 4.69) is 35.7 Å². The smallest absolute Gasteiger partial charge is 0.271 e. The van der Waals surface area contributed by atoms with Crippen LogP contribution in [0, 0.1) is 11.8 Å². The fourth-order valence-corrected chi connectivity index (χ4v) is 9.75. The van der Waals surface area contributed by atoms with E-state index in [1.165, 1.54) is 18.3 Å². The number of hydrogen-bond acceptors (Lipinski definition) is 14. The molecule has 0 spiro atoms. The first kappa shape index (κ1) is 41.8. The van der Waals surface area contributed by atoms with Crippen LogP contribution in [0.5, 0.6) is 0 Å². The van der Waals surface area contributed by atoms with Crippen LogP contribution >= 0.6 is 0 Å². The van der Waals surface area contributed by atoms with Crippen LogP contribution in [0.25, 0.3) is 0 Å². The number of carbonyl (C=O) groups is 6. The summed E-state index contributed by atoms with van der Waals surface area (Å²) in [6.07, 6.45) is 7.96. The Morgan fingerprint density at radius 3 is 2.28 bits per heavy atom. The number of hydrogen-bond donors (Lipinski definition) is 4. The molecule has 2 unspecified atom stereocenters. The summed E-state index contributed by atoms with van der Waals surface area (Å²) < 4.78 is 23.8. The number of piperidine rings is 4. The number of benzene rings is 2. The van der Waals surface area contributed by atoms with Gasteiger partial charge in [-0.2, -0.15) is 0 Å². The molecule has 0 radical (unpaired) electrons. The van der Waals surface area contributed by atoms with Crippen molar-refractivity contribution < 1.29 is 37.2 Å². The minimum atomic E-state index is -3.38. The molecule has 1 aromatic heterocycles. The average Bonchev–Trinajstić information content (AvgIpc) is 3.49. The van der Waals surface area contributed by atoms with E-state index in [1.807, 2.05) is 11.0 Å². The second kappa shape index (κ2) is 17.2. The number of imide groups is 2. The van der Waals surface area contributed by atoms with Gasteiger partial charge in [-0.15, -0.1) is 0 Å². The molecule has 322 valence electrons. The molecule has 2 atom stereocenters. The number of sulfone groups is 1. The maximum Gasteiger partial charge on any atom is 0.271 e. The SMILES string of the molecule is CS(=O)(=O)c1ccc(Nc2nc(N3CCCC(NC(=O)C4CCN(CC5CCN(c6ccc7c(c6)C(=O)N(C6CCC(=O)NC6=O)C7=O)CC5)CC4)C3)cnc2C(N)=O)cc1. The molecular weight excluding hydrogens is 805 g/mol. The molecule has 5 N–H and O–H groups in total. The molecule has 19 heteroatoms. The maximum atomic E-state index is 13.5. The Kier molecular flexibility index (Phi) is 11.8. The fourth-order valence-electron chi connectivity index (χ4n) is 9.12. The Hall–Kier alpha value is -5.95. The zero-order chi connectivity index (χ0) is 43.0. The highest BCUT2D eigenvalue weighted by molar-refractivity contribution is 7.90. The Morgan fingerprint density at radius 1 is 0.869 bits per heavy atom. The lowest BCUT2D eigenvalue weighted by Crippen LogP contribution is -2.54. The van der Waals surface area contributed by atoms with Gasteiger partial charge in [0.1, 0.15) is 11.9 Å². The molecule has 4 fully saturated rings. The van der Waals surface area contributed by atoms with Crippen molar-refractivity contribution in [2.24, 2.45) is 17.6 Å². The van der Waals surface area contributed by atoms with Crippen molar-refractivity contribution in [2.45, 2.75) is 68.3 Å². The Labute approximate surface area is 353 Å². The zero-order valence-corrected chi connectivity index (χ0v) is 34.8. The zero-order valence-electron chi connectivity index (χ0n) is 34.0. The molecule has 6 amide bonds. The first-order valence-electron chi connectivity index (χ1n) is 20.8. The van der Waals surface area contributed by atoms with Crippen LogP contribution in [-0.4, -0.2) is 128 Å². The largest absolute Gasteiger partial charge is 0.371 e. The van der Waals surface area contributed by atoms with E-state index in [0.29, 0.717) is 30.5 Å². The normalized spacial score (nSPS) is 22.0. The topological polar surface area (TPSA) is 237 Å². The van der Waals surface area contributed by atoms with Crippen LogP contribution in [0.3, 0.4) is 0 Å². The molecular formula is C42H50N10O8S. The van der Waals surface area contributed by atoms with E-state index < -0.39 is 45.4 Å². The van der Waals surface area contributed by atoms with Crippen LogP contribution in [0.1, 0.15) is 82.6 Å². The summed E-state index contributed by atoms with van der Waals surface area (Å²) in [7, 11) is -3.38. The molecule has 2 aromatic carbocycles. The van der Waals surface area contributed by atoms with Gasteiger partial charge in [0.2, 0.25) is 17.7 Å². The lowest BCUT2D eigenvalue weighted by Gasteiger charge is -2.39. The van der Waals surface area contributed by atoms with E-state index in [1.54, 1.807) is 24.3 Å². The predicted molar refractivity (Wildman–Crippen MR) is 224 cm³/mol. The van der Waals surface area contributed by atoms with Crippen molar-refractivity contribution in [1.29, 1.82) is 0 Å². The van der Waals surface area contributed by atoms with Crippen molar-refractivity contribution in [3.8, 4) is 0 Å². The van der Waals surface area contributed by atoms with E-state index >= 15 is 0 Å².